The first-order chi connectivity index (χ1) is 27.2. The predicted octanol–water partition coefficient (Wildman–Crippen LogP) is 15.1. The van der Waals surface area contributed by atoms with Crippen molar-refractivity contribution in [1.29, 1.82) is 0 Å². The van der Waals surface area contributed by atoms with Crippen LogP contribution in [0.15, 0.2) is 72.9 Å². The van der Waals surface area contributed by atoms with Crippen molar-refractivity contribution in [3.8, 4) is 0 Å². The van der Waals surface area contributed by atoms with Gasteiger partial charge in [0.25, 0.3) is 0 Å². The average Bonchev–Trinajstić information content (AvgIpc) is 3.19. The summed E-state index contributed by atoms with van der Waals surface area (Å²) in [5.41, 5.74) is 0. The van der Waals surface area contributed by atoms with E-state index in [0.717, 1.165) is 70.6 Å². The summed E-state index contributed by atoms with van der Waals surface area (Å²) < 4.78 is 0. The van der Waals surface area contributed by atoms with Gasteiger partial charge in [-0.05, 0) is 64.2 Å². The molecule has 0 aliphatic carbocycles. The van der Waals surface area contributed by atoms with E-state index in [9.17, 15) is 15.0 Å². The van der Waals surface area contributed by atoms with E-state index < -0.39 is 12.1 Å². The van der Waals surface area contributed by atoms with Crippen molar-refractivity contribution >= 4 is 5.91 Å². The standard InChI is InChI=1S/C51H91NO3/c1-3-5-7-9-11-13-15-17-19-21-23-25-26-27-29-31-33-35-37-39-41-43-45-47-51(55)52-49(48-53)50(54)46-44-42-40-38-36-34-32-30-28-24-22-20-18-16-14-12-10-8-6-4-2/h5,7,11,13,17,19,23,25,27,29,44,46,49-50,53-54H,3-4,6,8-10,12,14-16,18,20-22,24,26,28,30-43,45,47-48H2,1-2H3,(H,52,55)/b7-5-,13-11-,19-17-,25-23-,29-27-,46-44+. The summed E-state index contributed by atoms with van der Waals surface area (Å²) in [6.45, 7) is 4.20. The monoisotopic (exact) mass is 766 g/mol. The van der Waals surface area contributed by atoms with Gasteiger partial charge in [-0.2, -0.15) is 0 Å². The van der Waals surface area contributed by atoms with Crippen LogP contribution < -0.4 is 5.32 Å². The van der Waals surface area contributed by atoms with E-state index in [1.54, 1.807) is 6.08 Å². The normalized spacial score (nSPS) is 13.6. The Labute approximate surface area is 342 Å². The van der Waals surface area contributed by atoms with E-state index in [2.05, 4.69) is 79.9 Å². The minimum Gasteiger partial charge on any atom is -0.394 e. The SMILES string of the molecule is CC/C=C\C/C=C\C/C=C\C/C=C\C/C=C\CCCCCCCCCC(=O)NC(CO)C(O)/C=C/CCCCCCCCCCCCCCCCCCCC. The summed E-state index contributed by atoms with van der Waals surface area (Å²) in [6.07, 6.45) is 65.9. The van der Waals surface area contributed by atoms with Crippen LogP contribution in [0.1, 0.15) is 226 Å². The number of amides is 1. The van der Waals surface area contributed by atoms with E-state index in [-0.39, 0.29) is 12.5 Å². The molecule has 0 saturated carbocycles. The number of nitrogens with one attached hydrogen (secondary N) is 1. The van der Waals surface area contributed by atoms with Crippen molar-refractivity contribution in [1.82, 2.24) is 5.32 Å². The maximum absolute atomic E-state index is 12.4. The van der Waals surface area contributed by atoms with Gasteiger partial charge in [-0.15, -0.1) is 0 Å². The molecule has 0 aromatic heterocycles. The van der Waals surface area contributed by atoms with Crippen LogP contribution in [-0.4, -0.2) is 34.9 Å². The highest BCUT2D eigenvalue weighted by Crippen LogP contribution is 2.15. The zero-order chi connectivity index (χ0) is 40.0. The van der Waals surface area contributed by atoms with Crippen molar-refractivity contribution in [2.75, 3.05) is 6.61 Å². The first-order valence-corrected chi connectivity index (χ1v) is 23.7. The molecule has 3 N–H and O–H groups in total. The summed E-state index contributed by atoms with van der Waals surface area (Å²) in [5.74, 6) is -0.0768. The Bertz CT molecular complexity index is 961. The summed E-state index contributed by atoms with van der Waals surface area (Å²) in [7, 11) is 0. The average molecular weight is 766 g/mol. The van der Waals surface area contributed by atoms with Gasteiger partial charge in [0.05, 0.1) is 18.8 Å². The molecule has 4 heteroatoms. The smallest absolute Gasteiger partial charge is 0.220 e. The molecule has 318 valence electrons. The van der Waals surface area contributed by atoms with E-state index in [0.29, 0.717) is 6.42 Å². The zero-order valence-corrected chi connectivity index (χ0v) is 36.4. The molecular weight excluding hydrogens is 675 g/mol. The number of aliphatic hydroxyl groups is 2. The van der Waals surface area contributed by atoms with Gasteiger partial charge in [0.2, 0.25) is 5.91 Å². The second-order valence-electron chi connectivity index (χ2n) is 15.8. The third kappa shape index (κ3) is 42.8. The molecule has 0 spiro atoms. The first-order valence-electron chi connectivity index (χ1n) is 23.7. The van der Waals surface area contributed by atoms with E-state index >= 15 is 0 Å². The van der Waals surface area contributed by atoms with Gasteiger partial charge < -0.3 is 15.5 Å². The van der Waals surface area contributed by atoms with Crippen LogP contribution in [0.2, 0.25) is 0 Å². The molecule has 0 aliphatic heterocycles. The summed E-state index contributed by atoms with van der Waals surface area (Å²) in [6, 6.07) is -0.632. The highest BCUT2D eigenvalue weighted by Gasteiger charge is 2.17. The number of rotatable bonds is 42. The van der Waals surface area contributed by atoms with Crippen LogP contribution in [0.5, 0.6) is 0 Å². The predicted molar refractivity (Wildman–Crippen MR) is 244 cm³/mol. The minimum atomic E-state index is -0.848. The van der Waals surface area contributed by atoms with Crippen LogP contribution in [-0.2, 0) is 4.79 Å². The number of hydrogen-bond donors (Lipinski definition) is 3. The molecule has 0 fully saturated rings. The topological polar surface area (TPSA) is 69.6 Å². The van der Waals surface area contributed by atoms with Crippen molar-refractivity contribution in [2.24, 2.45) is 0 Å². The van der Waals surface area contributed by atoms with Crippen LogP contribution in [0.3, 0.4) is 0 Å². The Morgan fingerprint density at radius 1 is 0.455 bits per heavy atom. The molecular formula is C51H91NO3. The molecule has 0 bridgehead atoms. The maximum atomic E-state index is 12.4. The number of carbonyl (C=O) groups excluding carboxylic acids is 1. The molecule has 0 aromatic carbocycles. The number of allylic oxidation sites excluding steroid dienone is 11. The largest absolute Gasteiger partial charge is 0.394 e. The van der Waals surface area contributed by atoms with Crippen molar-refractivity contribution < 1.29 is 15.0 Å². The van der Waals surface area contributed by atoms with E-state index in [1.165, 1.54) is 135 Å². The molecule has 0 radical (unpaired) electrons. The molecule has 55 heavy (non-hydrogen) atoms. The molecule has 2 unspecified atom stereocenters. The lowest BCUT2D eigenvalue weighted by atomic mass is 10.0. The third-order valence-corrected chi connectivity index (χ3v) is 10.4. The molecule has 4 nitrogen and oxygen atoms in total. The van der Waals surface area contributed by atoms with Crippen molar-refractivity contribution in [3.05, 3.63) is 72.9 Å². The van der Waals surface area contributed by atoms with Gasteiger partial charge in [0.15, 0.2) is 0 Å². The van der Waals surface area contributed by atoms with E-state index in [4.69, 9.17) is 0 Å². The number of unbranched alkanes of at least 4 members (excludes halogenated alkanes) is 25. The highest BCUT2D eigenvalue weighted by molar-refractivity contribution is 5.76. The van der Waals surface area contributed by atoms with Crippen molar-refractivity contribution in [2.45, 2.75) is 238 Å². The summed E-state index contributed by atoms with van der Waals surface area (Å²) >= 11 is 0. The van der Waals surface area contributed by atoms with E-state index in [1.807, 2.05) is 6.08 Å². The van der Waals surface area contributed by atoms with Crippen LogP contribution >= 0.6 is 0 Å². The lowest BCUT2D eigenvalue weighted by molar-refractivity contribution is -0.123. The molecule has 0 heterocycles. The summed E-state index contributed by atoms with van der Waals surface area (Å²) in [4.78, 5) is 12.4. The molecule has 0 rings (SSSR count). The second-order valence-corrected chi connectivity index (χ2v) is 15.8. The van der Waals surface area contributed by atoms with Gasteiger partial charge in [-0.1, -0.05) is 228 Å². The lowest BCUT2D eigenvalue weighted by Crippen LogP contribution is -2.45. The van der Waals surface area contributed by atoms with Gasteiger partial charge >= 0.3 is 0 Å². The Morgan fingerprint density at radius 2 is 0.800 bits per heavy atom. The quantitative estimate of drug-likeness (QED) is 0.0428. The number of hydrogen-bond acceptors (Lipinski definition) is 3. The number of aliphatic hydroxyl groups excluding tert-OH is 2. The van der Waals surface area contributed by atoms with Crippen LogP contribution in [0.25, 0.3) is 0 Å². The molecule has 0 aliphatic rings. The Morgan fingerprint density at radius 3 is 1.20 bits per heavy atom. The van der Waals surface area contributed by atoms with Crippen LogP contribution in [0.4, 0.5) is 0 Å². The summed E-state index contributed by atoms with van der Waals surface area (Å²) in [5, 5.41) is 23.1. The lowest BCUT2D eigenvalue weighted by Gasteiger charge is -2.20. The Balaban J connectivity index is 3.61. The first kappa shape index (κ1) is 52.8. The minimum absolute atomic E-state index is 0.0768. The molecule has 1 amide bonds. The fourth-order valence-electron chi connectivity index (χ4n) is 6.85. The van der Waals surface area contributed by atoms with Crippen LogP contribution in [0, 0.1) is 0 Å². The Kier molecular flexibility index (Phi) is 44.4. The third-order valence-electron chi connectivity index (χ3n) is 10.4. The molecule has 0 saturated heterocycles. The van der Waals surface area contributed by atoms with Gasteiger partial charge in [0.1, 0.15) is 0 Å². The Hall–Kier alpha value is -2.17. The second kappa shape index (κ2) is 46.2. The van der Waals surface area contributed by atoms with Gasteiger partial charge in [0, 0.05) is 6.42 Å². The fraction of sp³-hybridized carbons (Fsp3) is 0.745. The maximum Gasteiger partial charge on any atom is 0.220 e. The zero-order valence-electron chi connectivity index (χ0n) is 36.4. The van der Waals surface area contributed by atoms with Gasteiger partial charge in [-0.3, -0.25) is 4.79 Å². The van der Waals surface area contributed by atoms with Gasteiger partial charge in [-0.25, -0.2) is 0 Å². The van der Waals surface area contributed by atoms with Crippen molar-refractivity contribution in [3.63, 3.8) is 0 Å². The molecule has 2 atom stereocenters. The fourth-order valence-corrected chi connectivity index (χ4v) is 6.85. The highest BCUT2D eigenvalue weighted by atomic mass is 16.3. The molecule has 0 aromatic rings. The number of carbonyl (C=O) groups is 1.